The van der Waals surface area contributed by atoms with Crippen LogP contribution < -0.4 is 4.80 Å². The summed E-state index contributed by atoms with van der Waals surface area (Å²) in [7, 11) is -0.781. The van der Waals surface area contributed by atoms with Gasteiger partial charge in [-0.25, -0.2) is 8.42 Å². The Hall–Kier alpha value is -2.52. The predicted octanol–water partition coefficient (Wildman–Crippen LogP) is 3.01. The monoisotopic (exact) mass is 521 g/mol. The van der Waals surface area contributed by atoms with Crippen molar-refractivity contribution in [2.75, 3.05) is 40.5 Å². The van der Waals surface area contributed by atoms with E-state index in [0.29, 0.717) is 9.82 Å². The third-order valence-corrected chi connectivity index (χ3v) is 8.11. The topological polar surface area (TPSA) is 90.2 Å². The SMILES string of the molecule is C#CCn1c(=NC(=O)c2ccc(S(=O)(=O)N(CCOC)CCOC)cc2)sc2cc(Cl)ccc21. The van der Waals surface area contributed by atoms with Gasteiger partial charge in [-0.3, -0.25) is 4.79 Å². The zero-order chi connectivity index (χ0) is 24.7. The van der Waals surface area contributed by atoms with Crippen molar-refractivity contribution in [3.05, 3.63) is 57.9 Å². The fourth-order valence-corrected chi connectivity index (χ4v) is 5.90. The van der Waals surface area contributed by atoms with Crippen LogP contribution in [0.1, 0.15) is 10.4 Å². The summed E-state index contributed by atoms with van der Waals surface area (Å²) < 4.78 is 40.0. The van der Waals surface area contributed by atoms with Crippen molar-refractivity contribution in [2.24, 2.45) is 4.99 Å². The smallest absolute Gasteiger partial charge is 0.279 e. The molecule has 180 valence electrons. The van der Waals surface area contributed by atoms with Crippen molar-refractivity contribution in [3.63, 3.8) is 0 Å². The molecule has 0 atom stereocenters. The van der Waals surface area contributed by atoms with Gasteiger partial charge < -0.3 is 14.0 Å². The lowest BCUT2D eigenvalue weighted by Gasteiger charge is -2.21. The highest BCUT2D eigenvalue weighted by atomic mass is 35.5. The van der Waals surface area contributed by atoms with Crippen LogP contribution >= 0.6 is 22.9 Å². The molecule has 1 amide bonds. The van der Waals surface area contributed by atoms with E-state index >= 15 is 0 Å². The van der Waals surface area contributed by atoms with Gasteiger partial charge in [-0.15, -0.1) is 6.42 Å². The van der Waals surface area contributed by atoms with Gasteiger partial charge in [0, 0.05) is 37.9 Å². The second-order valence-electron chi connectivity index (χ2n) is 7.12. The van der Waals surface area contributed by atoms with Gasteiger partial charge in [0.25, 0.3) is 5.91 Å². The number of rotatable bonds is 10. The second-order valence-corrected chi connectivity index (χ2v) is 10.5. The maximum Gasteiger partial charge on any atom is 0.279 e. The number of carbonyl (C=O) groups is 1. The molecule has 0 bridgehead atoms. The van der Waals surface area contributed by atoms with E-state index in [4.69, 9.17) is 27.5 Å². The minimum absolute atomic E-state index is 0.0650. The number of carbonyl (C=O) groups excluding carboxylic acids is 1. The van der Waals surface area contributed by atoms with E-state index < -0.39 is 15.9 Å². The first-order chi connectivity index (χ1) is 16.3. The molecule has 0 aliphatic rings. The van der Waals surface area contributed by atoms with E-state index in [0.717, 1.165) is 10.2 Å². The molecule has 3 rings (SSSR count). The van der Waals surface area contributed by atoms with Gasteiger partial charge in [0.1, 0.15) is 0 Å². The summed E-state index contributed by atoms with van der Waals surface area (Å²) in [6.45, 7) is 1.10. The second kappa shape index (κ2) is 11.8. The first kappa shape index (κ1) is 26.1. The van der Waals surface area contributed by atoms with Gasteiger partial charge in [-0.1, -0.05) is 28.9 Å². The molecule has 0 aliphatic carbocycles. The minimum Gasteiger partial charge on any atom is -0.383 e. The maximum absolute atomic E-state index is 13.0. The normalized spacial score (nSPS) is 12.4. The molecule has 34 heavy (non-hydrogen) atoms. The highest BCUT2D eigenvalue weighted by Crippen LogP contribution is 2.22. The Morgan fingerprint density at radius 2 is 1.79 bits per heavy atom. The number of aromatic nitrogens is 1. The summed E-state index contributed by atoms with van der Waals surface area (Å²) in [4.78, 5) is 17.6. The van der Waals surface area contributed by atoms with Crippen molar-refractivity contribution < 1.29 is 22.7 Å². The Morgan fingerprint density at radius 3 is 2.38 bits per heavy atom. The number of fused-ring (bicyclic) bond motifs is 1. The van der Waals surface area contributed by atoms with Gasteiger partial charge in [0.05, 0.1) is 34.9 Å². The van der Waals surface area contributed by atoms with Gasteiger partial charge in [-0.2, -0.15) is 9.30 Å². The Bertz CT molecular complexity index is 1360. The molecule has 1 aromatic heterocycles. The highest BCUT2D eigenvalue weighted by molar-refractivity contribution is 7.89. The number of thiazole rings is 1. The lowest BCUT2D eigenvalue weighted by atomic mass is 10.2. The number of methoxy groups -OCH3 is 2. The van der Waals surface area contributed by atoms with E-state index in [1.165, 1.54) is 54.1 Å². The molecule has 11 heteroatoms. The van der Waals surface area contributed by atoms with E-state index in [2.05, 4.69) is 10.9 Å². The zero-order valence-corrected chi connectivity index (χ0v) is 21.1. The third-order valence-electron chi connectivity index (χ3n) is 4.92. The Labute approximate surface area is 207 Å². The van der Waals surface area contributed by atoms with Crippen LogP contribution in [-0.4, -0.2) is 63.7 Å². The van der Waals surface area contributed by atoms with Crippen LogP contribution in [0, 0.1) is 12.3 Å². The number of hydrogen-bond donors (Lipinski definition) is 0. The van der Waals surface area contributed by atoms with E-state index in [1.807, 2.05) is 6.07 Å². The average Bonchev–Trinajstić information content (AvgIpc) is 3.15. The van der Waals surface area contributed by atoms with Crippen LogP contribution in [0.5, 0.6) is 0 Å². The van der Waals surface area contributed by atoms with Crippen LogP contribution in [0.3, 0.4) is 0 Å². The van der Waals surface area contributed by atoms with Crippen LogP contribution in [0.15, 0.2) is 52.4 Å². The molecule has 0 aliphatic heterocycles. The number of amides is 1. The standard InChI is InChI=1S/C23H24ClN3O5S2/c1-4-11-27-20-10-7-18(24)16-21(20)33-23(27)25-22(28)17-5-8-19(9-6-17)34(29,30)26(12-14-31-2)13-15-32-3/h1,5-10,16H,11-15H2,2-3H3. The van der Waals surface area contributed by atoms with E-state index in [1.54, 1.807) is 16.7 Å². The molecular weight excluding hydrogens is 498 g/mol. The summed E-state index contributed by atoms with van der Waals surface area (Å²) in [6.07, 6.45) is 5.50. The summed E-state index contributed by atoms with van der Waals surface area (Å²) >= 11 is 7.38. The quantitative estimate of drug-likeness (QED) is 0.383. The van der Waals surface area contributed by atoms with Gasteiger partial charge in [0.2, 0.25) is 10.0 Å². The summed E-state index contributed by atoms with van der Waals surface area (Å²) in [5, 5.41) is 0.571. The molecule has 8 nitrogen and oxygen atoms in total. The fraction of sp³-hybridized carbons (Fsp3) is 0.304. The molecule has 0 unspecified atom stereocenters. The van der Waals surface area contributed by atoms with Crippen molar-refractivity contribution in [2.45, 2.75) is 11.4 Å². The Kier molecular flexibility index (Phi) is 9.02. The largest absolute Gasteiger partial charge is 0.383 e. The number of nitrogens with zero attached hydrogens (tertiary/aromatic N) is 3. The maximum atomic E-state index is 13.0. The molecule has 0 saturated carbocycles. The van der Waals surface area contributed by atoms with Crippen molar-refractivity contribution in [3.8, 4) is 12.3 Å². The molecule has 0 fully saturated rings. The first-order valence-electron chi connectivity index (χ1n) is 10.2. The number of hydrogen-bond acceptors (Lipinski definition) is 6. The van der Waals surface area contributed by atoms with Crippen LogP contribution in [0.2, 0.25) is 5.02 Å². The van der Waals surface area contributed by atoms with E-state index in [9.17, 15) is 13.2 Å². The van der Waals surface area contributed by atoms with Gasteiger partial charge in [-0.05, 0) is 42.5 Å². The van der Waals surface area contributed by atoms with Crippen LogP contribution in [0.25, 0.3) is 10.2 Å². The number of sulfonamides is 1. The summed E-state index contributed by atoms with van der Waals surface area (Å²) in [6, 6.07) is 11.0. The molecule has 0 spiro atoms. The Morgan fingerprint density at radius 1 is 1.15 bits per heavy atom. The first-order valence-corrected chi connectivity index (χ1v) is 12.8. The van der Waals surface area contributed by atoms with Crippen molar-refractivity contribution in [1.29, 1.82) is 0 Å². The molecule has 0 saturated heterocycles. The van der Waals surface area contributed by atoms with Crippen LogP contribution in [-0.2, 0) is 26.0 Å². The fourth-order valence-electron chi connectivity index (χ4n) is 3.18. The zero-order valence-electron chi connectivity index (χ0n) is 18.7. The minimum atomic E-state index is -3.79. The third kappa shape index (κ3) is 5.93. The number of halogens is 1. The molecule has 0 N–H and O–H groups in total. The van der Waals surface area contributed by atoms with Crippen LogP contribution in [0.4, 0.5) is 0 Å². The van der Waals surface area contributed by atoms with Gasteiger partial charge in [0.15, 0.2) is 4.80 Å². The number of benzene rings is 2. The molecule has 3 aromatic rings. The summed E-state index contributed by atoms with van der Waals surface area (Å²) in [5.74, 6) is 2.06. The van der Waals surface area contributed by atoms with Crippen molar-refractivity contribution >= 4 is 49.1 Å². The number of terminal acetylenes is 1. The highest BCUT2D eigenvalue weighted by Gasteiger charge is 2.24. The molecular formula is C23H24ClN3O5S2. The lowest BCUT2D eigenvalue weighted by molar-refractivity contribution is 0.0998. The van der Waals surface area contributed by atoms with Crippen molar-refractivity contribution in [1.82, 2.24) is 8.87 Å². The number of ether oxygens (including phenoxy) is 2. The molecule has 1 heterocycles. The Balaban J connectivity index is 1.91. The molecule has 0 radical (unpaired) electrons. The molecule has 2 aromatic carbocycles. The lowest BCUT2D eigenvalue weighted by Crippen LogP contribution is -2.36. The predicted molar refractivity (Wildman–Crippen MR) is 133 cm³/mol. The summed E-state index contributed by atoms with van der Waals surface area (Å²) in [5.41, 5.74) is 1.08. The average molecular weight is 522 g/mol. The van der Waals surface area contributed by atoms with Gasteiger partial charge >= 0.3 is 0 Å². The van der Waals surface area contributed by atoms with E-state index in [-0.39, 0.29) is 43.3 Å².